The van der Waals surface area contributed by atoms with Crippen molar-refractivity contribution < 1.29 is 13.9 Å². The lowest BCUT2D eigenvalue weighted by molar-refractivity contribution is -0.141. The van der Waals surface area contributed by atoms with E-state index in [0.29, 0.717) is 12.1 Å². The summed E-state index contributed by atoms with van der Waals surface area (Å²) in [7, 11) is 1.40. The SMILES string of the molecule is COC(=O)CC1(CSc2cc(N)cc(F)c2)CC1. The molecule has 1 fully saturated rings. The Balaban J connectivity index is 1.93. The van der Waals surface area contributed by atoms with E-state index in [1.807, 2.05) is 0 Å². The molecule has 98 valence electrons. The van der Waals surface area contributed by atoms with E-state index in [0.717, 1.165) is 23.5 Å². The van der Waals surface area contributed by atoms with Crippen molar-refractivity contribution in [2.75, 3.05) is 18.6 Å². The minimum absolute atomic E-state index is 0.0405. The van der Waals surface area contributed by atoms with Gasteiger partial charge in [0.25, 0.3) is 0 Å². The van der Waals surface area contributed by atoms with Gasteiger partial charge in [-0.05, 0) is 36.5 Å². The number of benzene rings is 1. The molecule has 18 heavy (non-hydrogen) atoms. The molecule has 1 aliphatic carbocycles. The average molecular weight is 269 g/mol. The second kappa shape index (κ2) is 5.18. The zero-order chi connectivity index (χ0) is 13.2. The first-order valence-electron chi connectivity index (χ1n) is 5.79. The summed E-state index contributed by atoms with van der Waals surface area (Å²) in [6.07, 6.45) is 2.50. The molecule has 2 N–H and O–H groups in total. The van der Waals surface area contributed by atoms with E-state index in [2.05, 4.69) is 4.74 Å². The summed E-state index contributed by atoms with van der Waals surface area (Å²) in [5.74, 6) is 0.299. The van der Waals surface area contributed by atoms with Crippen molar-refractivity contribution in [2.24, 2.45) is 5.41 Å². The molecule has 1 aliphatic rings. The molecule has 1 saturated carbocycles. The number of thioether (sulfide) groups is 1. The van der Waals surface area contributed by atoms with E-state index in [1.54, 1.807) is 17.8 Å². The molecule has 5 heteroatoms. The highest BCUT2D eigenvalue weighted by Crippen LogP contribution is 2.52. The predicted molar refractivity (Wildman–Crippen MR) is 69.8 cm³/mol. The van der Waals surface area contributed by atoms with Crippen molar-refractivity contribution in [3.8, 4) is 0 Å². The van der Waals surface area contributed by atoms with Gasteiger partial charge in [-0.1, -0.05) is 0 Å². The van der Waals surface area contributed by atoms with E-state index >= 15 is 0 Å². The van der Waals surface area contributed by atoms with Crippen molar-refractivity contribution in [3.05, 3.63) is 24.0 Å². The fraction of sp³-hybridized carbons (Fsp3) is 0.462. The first-order valence-corrected chi connectivity index (χ1v) is 6.77. The molecule has 1 aromatic carbocycles. The Bertz CT molecular complexity index is 440. The van der Waals surface area contributed by atoms with Crippen LogP contribution in [0.3, 0.4) is 0 Å². The highest BCUT2D eigenvalue weighted by molar-refractivity contribution is 7.99. The zero-order valence-electron chi connectivity index (χ0n) is 10.2. The Morgan fingerprint density at radius 2 is 2.22 bits per heavy atom. The monoisotopic (exact) mass is 269 g/mol. The summed E-state index contributed by atoms with van der Waals surface area (Å²) in [5.41, 5.74) is 6.06. The lowest BCUT2D eigenvalue weighted by Gasteiger charge is -2.13. The van der Waals surface area contributed by atoms with Gasteiger partial charge in [0.15, 0.2) is 0 Å². The number of nitrogen functional groups attached to an aromatic ring is 1. The van der Waals surface area contributed by atoms with Crippen molar-refractivity contribution in [2.45, 2.75) is 24.2 Å². The number of esters is 1. The molecular weight excluding hydrogens is 253 g/mol. The van der Waals surface area contributed by atoms with Gasteiger partial charge in [0.1, 0.15) is 5.82 Å². The van der Waals surface area contributed by atoms with E-state index < -0.39 is 0 Å². The second-order valence-electron chi connectivity index (χ2n) is 4.76. The van der Waals surface area contributed by atoms with Crippen LogP contribution in [0.25, 0.3) is 0 Å². The predicted octanol–water partition coefficient (Wildman–Crippen LogP) is 2.84. The minimum Gasteiger partial charge on any atom is -0.469 e. The summed E-state index contributed by atoms with van der Waals surface area (Å²) in [4.78, 5) is 12.1. The van der Waals surface area contributed by atoms with Crippen molar-refractivity contribution in [1.29, 1.82) is 0 Å². The van der Waals surface area contributed by atoms with Crippen LogP contribution in [0.2, 0.25) is 0 Å². The summed E-state index contributed by atoms with van der Waals surface area (Å²) in [6, 6.07) is 4.52. The van der Waals surface area contributed by atoms with Crippen LogP contribution in [0.4, 0.5) is 10.1 Å². The molecule has 0 radical (unpaired) electrons. The van der Waals surface area contributed by atoms with E-state index in [1.165, 1.54) is 19.2 Å². The van der Waals surface area contributed by atoms with Crippen LogP contribution in [0.1, 0.15) is 19.3 Å². The maximum Gasteiger partial charge on any atom is 0.306 e. The Kier molecular flexibility index (Phi) is 3.80. The number of ether oxygens (including phenoxy) is 1. The summed E-state index contributed by atoms with van der Waals surface area (Å²) in [5, 5.41) is 0. The van der Waals surface area contributed by atoms with Gasteiger partial charge >= 0.3 is 5.97 Å². The third kappa shape index (κ3) is 3.38. The number of carbonyl (C=O) groups excluding carboxylic acids is 1. The number of hydrogen-bond acceptors (Lipinski definition) is 4. The number of hydrogen-bond donors (Lipinski definition) is 1. The maximum absolute atomic E-state index is 13.2. The molecule has 0 unspecified atom stereocenters. The number of methoxy groups -OCH3 is 1. The van der Waals surface area contributed by atoms with Crippen LogP contribution in [-0.2, 0) is 9.53 Å². The van der Waals surface area contributed by atoms with Crippen molar-refractivity contribution in [3.63, 3.8) is 0 Å². The largest absolute Gasteiger partial charge is 0.469 e. The second-order valence-corrected chi connectivity index (χ2v) is 5.81. The van der Waals surface area contributed by atoms with Gasteiger partial charge in [-0.15, -0.1) is 11.8 Å². The van der Waals surface area contributed by atoms with E-state index in [4.69, 9.17) is 5.73 Å². The minimum atomic E-state index is -0.324. The molecule has 0 amide bonds. The van der Waals surface area contributed by atoms with Gasteiger partial charge in [0.2, 0.25) is 0 Å². The molecule has 3 nitrogen and oxygen atoms in total. The lowest BCUT2D eigenvalue weighted by atomic mass is 10.1. The molecular formula is C13H16FNO2S. The number of halogens is 1. The Labute approximate surface area is 110 Å². The third-order valence-corrected chi connectivity index (χ3v) is 4.47. The molecule has 0 bridgehead atoms. The van der Waals surface area contributed by atoms with Crippen LogP contribution in [0.15, 0.2) is 23.1 Å². The fourth-order valence-corrected chi connectivity index (χ4v) is 3.11. The first-order chi connectivity index (χ1) is 8.53. The van der Waals surface area contributed by atoms with Gasteiger partial charge in [-0.25, -0.2) is 4.39 Å². The number of carbonyl (C=O) groups is 1. The van der Waals surface area contributed by atoms with Gasteiger partial charge < -0.3 is 10.5 Å². The topological polar surface area (TPSA) is 52.3 Å². The molecule has 2 rings (SSSR count). The van der Waals surface area contributed by atoms with Gasteiger partial charge in [0.05, 0.1) is 13.5 Å². The zero-order valence-corrected chi connectivity index (χ0v) is 11.1. The molecule has 0 spiro atoms. The highest BCUT2D eigenvalue weighted by atomic mass is 32.2. The number of nitrogens with two attached hydrogens (primary N) is 1. The fourth-order valence-electron chi connectivity index (χ4n) is 1.83. The maximum atomic E-state index is 13.2. The summed E-state index contributed by atoms with van der Waals surface area (Å²) < 4.78 is 17.8. The lowest BCUT2D eigenvalue weighted by Crippen LogP contribution is -2.13. The van der Waals surface area contributed by atoms with Crippen LogP contribution >= 0.6 is 11.8 Å². The van der Waals surface area contributed by atoms with Crippen LogP contribution in [-0.4, -0.2) is 18.8 Å². The molecule has 0 aliphatic heterocycles. The first kappa shape index (κ1) is 13.2. The van der Waals surface area contributed by atoms with Crippen LogP contribution in [0.5, 0.6) is 0 Å². The normalized spacial score (nSPS) is 16.3. The Hall–Kier alpha value is -1.23. The quantitative estimate of drug-likeness (QED) is 0.507. The summed E-state index contributed by atoms with van der Waals surface area (Å²) >= 11 is 1.54. The van der Waals surface area contributed by atoms with Crippen molar-refractivity contribution >= 4 is 23.4 Å². The number of rotatable bonds is 5. The highest BCUT2D eigenvalue weighted by Gasteiger charge is 2.44. The van der Waals surface area contributed by atoms with Gasteiger partial charge in [0, 0.05) is 16.3 Å². The van der Waals surface area contributed by atoms with Gasteiger partial charge in [-0.3, -0.25) is 4.79 Å². The van der Waals surface area contributed by atoms with Crippen LogP contribution < -0.4 is 5.73 Å². The molecule has 0 heterocycles. The Morgan fingerprint density at radius 1 is 1.50 bits per heavy atom. The molecule has 0 atom stereocenters. The summed E-state index contributed by atoms with van der Waals surface area (Å²) in [6.45, 7) is 0. The third-order valence-electron chi connectivity index (χ3n) is 3.14. The van der Waals surface area contributed by atoms with E-state index in [-0.39, 0.29) is 17.2 Å². The molecule has 0 aromatic heterocycles. The Morgan fingerprint density at radius 3 is 2.78 bits per heavy atom. The van der Waals surface area contributed by atoms with E-state index in [9.17, 15) is 9.18 Å². The van der Waals surface area contributed by atoms with Crippen LogP contribution in [0, 0.1) is 11.2 Å². The molecule has 1 aromatic rings. The van der Waals surface area contributed by atoms with Gasteiger partial charge in [-0.2, -0.15) is 0 Å². The number of anilines is 1. The van der Waals surface area contributed by atoms with Crippen molar-refractivity contribution in [1.82, 2.24) is 0 Å². The average Bonchev–Trinajstić information content (AvgIpc) is 3.05. The standard InChI is InChI=1S/C13H16FNO2S/c1-17-12(16)7-13(2-3-13)8-18-11-5-9(14)4-10(15)6-11/h4-6H,2-3,7-8,15H2,1H3. The smallest absolute Gasteiger partial charge is 0.306 e. The molecule has 0 saturated heterocycles.